The van der Waals surface area contributed by atoms with Crippen LogP contribution in [0.4, 0.5) is 10.5 Å². The fraction of sp³-hybridized carbons (Fsp3) is 0.227. The summed E-state index contributed by atoms with van der Waals surface area (Å²) < 4.78 is 0. The largest absolute Gasteiger partial charge is 0.323 e. The van der Waals surface area contributed by atoms with E-state index in [1.807, 2.05) is 0 Å². The number of rotatable bonds is 4. The fourth-order valence-electron chi connectivity index (χ4n) is 3.83. The second-order valence-corrected chi connectivity index (χ2v) is 8.02. The van der Waals surface area contributed by atoms with Gasteiger partial charge in [0.25, 0.3) is 11.8 Å². The van der Waals surface area contributed by atoms with Gasteiger partial charge in [0, 0.05) is 30.7 Å². The number of anilines is 1. The highest BCUT2D eigenvalue weighted by atomic mass is 35.5. The van der Waals surface area contributed by atoms with E-state index in [2.05, 4.69) is 10.6 Å². The first-order valence-electron chi connectivity index (χ1n) is 9.87. The summed E-state index contributed by atoms with van der Waals surface area (Å²) in [6.45, 7) is 0.0534. The molecule has 2 heterocycles. The van der Waals surface area contributed by atoms with E-state index in [9.17, 15) is 24.0 Å². The van der Waals surface area contributed by atoms with Gasteiger partial charge in [0.2, 0.25) is 11.8 Å². The molecule has 1 atom stereocenters. The first kappa shape index (κ1) is 21.5. The van der Waals surface area contributed by atoms with Gasteiger partial charge in [-0.3, -0.25) is 29.4 Å². The Labute approximate surface area is 188 Å². The van der Waals surface area contributed by atoms with E-state index < -0.39 is 35.7 Å². The molecule has 0 aromatic heterocycles. The molecule has 2 aliphatic rings. The molecule has 10 heteroatoms. The fourth-order valence-corrected chi connectivity index (χ4v) is 4.02. The van der Waals surface area contributed by atoms with E-state index >= 15 is 0 Å². The van der Waals surface area contributed by atoms with Crippen molar-refractivity contribution >= 4 is 46.9 Å². The number of hydrogen-bond acceptors (Lipinski definition) is 5. The number of hydrogen-bond donors (Lipinski definition) is 2. The molecule has 6 amide bonds. The molecule has 0 saturated carbocycles. The van der Waals surface area contributed by atoms with Crippen LogP contribution in [0.25, 0.3) is 0 Å². The van der Waals surface area contributed by atoms with Crippen LogP contribution in [0, 0.1) is 0 Å². The number of halogens is 1. The van der Waals surface area contributed by atoms with Gasteiger partial charge < -0.3 is 10.2 Å². The Kier molecular flexibility index (Phi) is 5.67. The molecule has 0 bridgehead atoms. The third kappa shape index (κ3) is 3.94. The van der Waals surface area contributed by atoms with Crippen LogP contribution < -0.4 is 10.6 Å². The lowest BCUT2D eigenvalue weighted by Crippen LogP contribution is -2.54. The number of amides is 6. The van der Waals surface area contributed by atoms with Crippen molar-refractivity contribution in [3.8, 4) is 0 Å². The molecule has 4 rings (SSSR count). The number of carbonyl (C=O) groups excluding carboxylic acids is 5. The van der Waals surface area contributed by atoms with Crippen LogP contribution in [0.1, 0.15) is 39.1 Å². The molecule has 0 spiro atoms. The molecule has 32 heavy (non-hydrogen) atoms. The molecule has 1 fully saturated rings. The Morgan fingerprint density at radius 3 is 2.62 bits per heavy atom. The van der Waals surface area contributed by atoms with E-state index in [1.165, 1.54) is 11.0 Å². The number of nitrogens with zero attached hydrogens (tertiary/aromatic N) is 2. The first-order valence-corrected chi connectivity index (χ1v) is 10.2. The van der Waals surface area contributed by atoms with Crippen LogP contribution in [0.5, 0.6) is 0 Å². The van der Waals surface area contributed by atoms with Gasteiger partial charge in [0.15, 0.2) is 0 Å². The average molecular weight is 455 g/mol. The van der Waals surface area contributed by atoms with Crippen molar-refractivity contribution in [3.63, 3.8) is 0 Å². The van der Waals surface area contributed by atoms with E-state index in [4.69, 9.17) is 11.6 Å². The van der Waals surface area contributed by atoms with Crippen LogP contribution in [0.3, 0.4) is 0 Å². The molecule has 2 aliphatic heterocycles. The predicted octanol–water partition coefficient (Wildman–Crippen LogP) is 2.41. The van der Waals surface area contributed by atoms with Crippen LogP contribution in [-0.4, -0.2) is 52.5 Å². The van der Waals surface area contributed by atoms with Crippen molar-refractivity contribution in [1.29, 1.82) is 0 Å². The summed E-state index contributed by atoms with van der Waals surface area (Å²) in [7, 11) is 1.55. The zero-order valence-corrected chi connectivity index (χ0v) is 17.8. The Morgan fingerprint density at radius 2 is 1.91 bits per heavy atom. The Bertz CT molecular complexity index is 1160. The number of urea groups is 1. The van der Waals surface area contributed by atoms with Crippen LogP contribution in [0.15, 0.2) is 42.5 Å². The molecule has 1 saturated heterocycles. The minimum atomic E-state index is -1.04. The van der Waals surface area contributed by atoms with Crippen molar-refractivity contribution in [3.05, 3.63) is 64.2 Å². The highest BCUT2D eigenvalue weighted by molar-refractivity contribution is 6.30. The van der Waals surface area contributed by atoms with Crippen LogP contribution in [-0.2, 0) is 16.1 Å². The van der Waals surface area contributed by atoms with Crippen molar-refractivity contribution in [2.45, 2.75) is 25.4 Å². The summed E-state index contributed by atoms with van der Waals surface area (Å²) >= 11 is 5.94. The Morgan fingerprint density at radius 1 is 1.16 bits per heavy atom. The molecule has 2 aromatic carbocycles. The lowest BCUT2D eigenvalue weighted by atomic mass is 10.0. The summed E-state index contributed by atoms with van der Waals surface area (Å²) in [5, 5.41) is 5.36. The monoisotopic (exact) mass is 454 g/mol. The van der Waals surface area contributed by atoms with Crippen molar-refractivity contribution in [2.75, 3.05) is 12.4 Å². The number of nitrogens with one attached hydrogen (secondary N) is 2. The summed E-state index contributed by atoms with van der Waals surface area (Å²) in [4.78, 5) is 64.6. The summed E-state index contributed by atoms with van der Waals surface area (Å²) in [5.74, 6) is -2.31. The Hall–Kier alpha value is -3.72. The predicted molar refractivity (Wildman–Crippen MR) is 115 cm³/mol. The highest BCUT2D eigenvalue weighted by Gasteiger charge is 2.45. The lowest BCUT2D eigenvalue weighted by molar-refractivity contribution is -0.136. The maximum absolute atomic E-state index is 13.1. The minimum absolute atomic E-state index is 0.0447. The molecular weight excluding hydrogens is 436 g/mol. The third-order valence-electron chi connectivity index (χ3n) is 5.38. The van der Waals surface area contributed by atoms with Gasteiger partial charge in [0.05, 0.1) is 11.1 Å². The number of piperidine rings is 1. The van der Waals surface area contributed by atoms with E-state index in [-0.39, 0.29) is 30.5 Å². The maximum Gasteiger partial charge on any atom is 0.321 e. The second kappa shape index (κ2) is 8.43. The standard InChI is InChI=1S/C22H19ClN4O5/c1-26(22(32)24-14-6-3-5-13(23)10-14)11-12-4-2-7-15-18(12)21(31)27(20(15)30)16-8-9-17(28)25-19(16)29/h2-7,10,16H,8-9,11H2,1H3,(H,24,32)(H,25,28,29). The molecule has 2 aromatic rings. The molecule has 0 aliphatic carbocycles. The molecule has 9 nitrogen and oxygen atoms in total. The van der Waals surface area contributed by atoms with E-state index in [0.29, 0.717) is 16.3 Å². The topological polar surface area (TPSA) is 116 Å². The number of fused-ring (bicyclic) bond motifs is 1. The Balaban J connectivity index is 1.54. The summed E-state index contributed by atoms with van der Waals surface area (Å²) in [5.41, 5.74) is 1.31. The second-order valence-electron chi connectivity index (χ2n) is 7.58. The van der Waals surface area contributed by atoms with Crippen molar-refractivity contribution in [2.24, 2.45) is 0 Å². The molecule has 164 valence electrons. The van der Waals surface area contributed by atoms with E-state index in [0.717, 1.165) is 4.90 Å². The smallest absolute Gasteiger partial charge is 0.321 e. The van der Waals surface area contributed by atoms with Gasteiger partial charge in [-0.2, -0.15) is 0 Å². The number of imide groups is 2. The van der Waals surface area contributed by atoms with Gasteiger partial charge in [-0.25, -0.2) is 4.79 Å². The first-order chi connectivity index (χ1) is 15.3. The molecular formula is C22H19ClN4O5. The minimum Gasteiger partial charge on any atom is -0.323 e. The van der Waals surface area contributed by atoms with Crippen LogP contribution in [0.2, 0.25) is 5.02 Å². The summed E-state index contributed by atoms with van der Waals surface area (Å²) in [6, 6.07) is 10.0. The maximum atomic E-state index is 13.1. The van der Waals surface area contributed by atoms with E-state index in [1.54, 1.807) is 43.4 Å². The molecule has 1 unspecified atom stereocenters. The average Bonchev–Trinajstić information content (AvgIpc) is 2.99. The third-order valence-corrected chi connectivity index (χ3v) is 5.62. The number of benzene rings is 2. The molecule has 0 radical (unpaired) electrons. The zero-order valence-electron chi connectivity index (χ0n) is 17.1. The number of carbonyl (C=O) groups is 5. The van der Waals surface area contributed by atoms with Gasteiger partial charge in [-0.05, 0) is 36.2 Å². The van der Waals surface area contributed by atoms with Gasteiger partial charge in [0.1, 0.15) is 6.04 Å². The SMILES string of the molecule is CN(Cc1cccc2c1C(=O)N(C1CCC(=O)NC1=O)C2=O)C(=O)Nc1cccc(Cl)c1. The highest BCUT2D eigenvalue weighted by Crippen LogP contribution is 2.30. The summed E-state index contributed by atoms with van der Waals surface area (Å²) in [6.07, 6.45) is 0.122. The van der Waals surface area contributed by atoms with Gasteiger partial charge in [-0.15, -0.1) is 0 Å². The van der Waals surface area contributed by atoms with Crippen LogP contribution >= 0.6 is 11.6 Å². The normalized spacial score (nSPS) is 17.8. The van der Waals surface area contributed by atoms with Crippen molar-refractivity contribution < 1.29 is 24.0 Å². The lowest BCUT2D eigenvalue weighted by Gasteiger charge is -2.28. The quantitative estimate of drug-likeness (QED) is 0.688. The van der Waals surface area contributed by atoms with Gasteiger partial charge in [-0.1, -0.05) is 29.8 Å². The molecule has 2 N–H and O–H groups in total. The van der Waals surface area contributed by atoms with Gasteiger partial charge >= 0.3 is 6.03 Å². The zero-order chi connectivity index (χ0) is 23.0. The van der Waals surface area contributed by atoms with Crippen molar-refractivity contribution in [1.82, 2.24) is 15.1 Å².